The van der Waals surface area contributed by atoms with Crippen LogP contribution >= 0.6 is 11.6 Å². The van der Waals surface area contributed by atoms with Gasteiger partial charge in [0.1, 0.15) is 11.5 Å². The monoisotopic (exact) mass is 386 g/mol. The first-order valence-electron chi connectivity index (χ1n) is 8.37. The van der Waals surface area contributed by atoms with Gasteiger partial charge in [0, 0.05) is 24.7 Å². The van der Waals surface area contributed by atoms with Crippen molar-refractivity contribution in [3.63, 3.8) is 0 Å². The van der Waals surface area contributed by atoms with Gasteiger partial charge < -0.3 is 21.7 Å². The number of nitrogen functional groups attached to an aromatic ring is 1. The highest BCUT2D eigenvalue weighted by Gasteiger charge is 2.23. The number of hydrogen-bond donors (Lipinski definition) is 4. The summed E-state index contributed by atoms with van der Waals surface area (Å²) in [4.78, 5) is 22.8. The number of carbonyl (C=O) groups excluding carboxylic acids is 2. The molecule has 27 heavy (non-hydrogen) atoms. The third-order valence-electron chi connectivity index (χ3n) is 4.30. The number of nitrogens with two attached hydrogens (primary N) is 1. The lowest BCUT2D eigenvalue weighted by Gasteiger charge is -2.10. The van der Waals surface area contributed by atoms with E-state index in [0.717, 1.165) is 19.5 Å². The Labute approximate surface area is 161 Å². The van der Waals surface area contributed by atoms with Crippen LogP contribution in [0.2, 0.25) is 5.02 Å². The van der Waals surface area contributed by atoms with Gasteiger partial charge in [0.05, 0.1) is 11.1 Å². The molecule has 0 aliphatic carbocycles. The van der Waals surface area contributed by atoms with Crippen molar-refractivity contribution in [3.8, 4) is 11.8 Å². The Hall–Kier alpha value is -3.02. The van der Waals surface area contributed by atoms with Crippen LogP contribution < -0.4 is 21.7 Å². The van der Waals surface area contributed by atoms with Crippen molar-refractivity contribution in [3.05, 3.63) is 40.0 Å². The highest BCUT2D eigenvalue weighted by molar-refractivity contribution is 6.31. The van der Waals surface area contributed by atoms with Gasteiger partial charge in [0.25, 0.3) is 5.91 Å². The van der Waals surface area contributed by atoms with E-state index < -0.39 is 0 Å². The molecule has 1 saturated heterocycles. The number of nitrogens with zero attached hydrogens (tertiary/aromatic N) is 2. The molecule has 8 nitrogen and oxygen atoms in total. The van der Waals surface area contributed by atoms with Crippen molar-refractivity contribution in [1.82, 2.24) is 20.4 Å². The molecule has 1 aliphatic rings. The topological polar surface area (TPSA) is 114 Å². The molecule has 1 aliphatic heterocycles. The van der Waals surface area contributed by atoms with Crippen LogP contribution in [0, 0.1) is 11.8 Å². The fraction of sp³-hybridized carbons (Fsp3) is 0.278. The van der Waals surface area contributed by atoms with Gasteiger partial charge in [-0.1, -0.05) is 17.5 Å². The van der Waals surface area contributed by atoms with Crippen molar-refractivity contribution in [2.75, 3.05) is 31.2 Å². The molecule has 0 spiro atoms. The minimum absolute atomic E-state index is 0.105. The lowest BCUT2D eigenvalue weighted by Crippen LogP contribution is -2.17. The predicted octanol–water partition coefficient (Wildman–Crippen LogP) is 0.981. The standard InChI is InChI=1S/C18H19ClN6O2/c1-21-18(27)12-2-4-14(19)11(8-12)3-5-15-16(23-10-26)17(20)25(24-15)13-6-7-22-9-13/h2,4,8,10,13,22H,6-7,9,20H2,1H3,(H,21,27)(H,23,26)/t13-/m0/s1. The van der Waals surface area contributed by atoms with Crippen LogP contribution in [0.4, 0.5) is 11.5 Å². The number of nitrogens with one attached hydrogen (secondary N) is 3. The van der Waals surface area contributed by atoms with Gasteiger partial charge in [0.2, 0.25) is 6.41 Å². The van der Waals surface area contributed by atoms with Crippen molar-refractivity contribution in [1.29, 1.82) is 0 Å². The molecule has 2 heterocycles. The second-order valence-electron chi connectivity index (χ2n) is 5.99. The SMILES string of the molecule is CNC(=O)c1ccc(Cl)c(C#Cc2nn([C@H]3CCNC3)c(N)c2NC=O)c1. The maximum atomic E-state index is 11.8. The number of aromatic nitrogens is 2. The zero-order valence-corrected chi connectivity index (χ0v) is 15.4. The Balaban J connectivity index is 2.00. The number of carbonyl (C=O) groups is 2. The normalized spacial score (nSPS) is 15.7. The number of rotatable bonds is 4. The molecule has 2 aromatic rings. The number of hydrogen-bond acceptors (Lipinski definition) is 5. The lowest BCUT2D eigenvalue weighted by atomic mass is 10.1. The zero-order chi connectivity index (χ0) is 19.4. The number of benzene rings is 1. The second kappa shape index (κ2) is 8.12. The minimum Gasteiger partial charge on any atom is -0.382 e. The lowest BCUT2D eigenvalue weighted by molar-refractivity contribution is -0.105. The maximum Gasteiger partial charge on any atom is 0.251 e. The van der Waals surface area contributed by atoms with E-state index in [1.165, 1.54) is 0 Å². The molecule has 5 N–H and O–H groups in total. The first kappa shape index (κ1) is 18.8. The smallest absolute Gasteiger partial charge is 0.251 e. The van der Waals surface area contributed by atoms with Gasteiger partial charge in [0.15, 0.2) is 5.69 Å². The summed E-state index contributed by atoms with van der Waals surface area (Å²) in [7, 11) is 1.55. The van der Waals surface area contributed by atoms with E-state index in [0.29, 0.717) is 39.8 Å². The van der Waals surface area contributed by atoms with Crippen LogP contribution in [0.5, 0.6) is 0 Å². The molecular formula is C18H19ClN6O2. The van der Waals surface area contributed by atoms with Crippen molar-refractivity contribution >= 4 is 35.4 Å². The van der Waals surface area contributed by atoms with Crippen molar-refractivity contribution in [2.45, 2.75) is 12.5 Å². The number of anilines is 2. The molecular weight excluding hydrogens is 368 g/mol. The van der Waals surface area contributed by atoms with Gasteiger partial charge in [-0.25, -0.2) is 4.68 Å². The van der Waals surface area contributed by atoms with Crippen molar-refractivity contribution in [2.24, 2.45) is 0 Å². The quantitative estimate of drug-likeness (QED) is 0.462. The van der Waals surface area contributed by atoms with Gasteiger partial charge in [-0.15, -0.1) is 0 Å². The largest absolute Gasteiger partial charge is 0.382 e. The second-order valence-corrected chi connectivity index (χ2v) is 6.39. The molecule has 0 bridgehead atoms. The molecule has 0 unspecified atom stereocenters. The highest BCUT2D eigenvalue weighted by Crippen LogP contribution is 2.28. The average Bonchev–Trinajstić information content (AvgIpc) is 3.30. The summed E-state index contributed by atoms with van der Waals surface area (Å²) >= 11 is 6.19. The Bertz CT molecular complexity index is 937. The fourth-order valence-electron chi connectivity index (χ4n) is 2.90. The average molecular weight is 387 g/mol. The third kappa shape index (κ3) is 3.89. The van der Waals surface area contributed by atoms with E-state index in [4.69, 9.17) is 17.3 Å². The third-order valence-corrected chi connectivity index (χ3v) is 4.63. The van der Waals surface area contributed by atoms with Crippen LogP contribution in [0.15, 0.2) is 18.2 Å². The van der Waals surface area contributed by atoms with Gasteiger partial charge >= 0.3 is 0 Å². The number of halogens is 1. The summed E-state index contributed by atoms with van der Waals surface area (Å²) in [5.41, 5.74) is 7.78. The van der Waals surface area contributed by atoms with Gasteiger partial charge in [-0.2, -0.15) is 5.10 Å². The van der Waals surface area contributed by atoms with Crippen molar-refractivity contribution < 1.29 is 9.59 Å². The molecule has 0 saturated carbocycles. The summed E-state index contributed by atoms with van der Waals surface area (Å²) in [6.07, 6.45) is 1.42. The summed E-state index contributed by atoms with van der Waals surface area (Å²) in [5, 5.41) is 13.2. The predicted molar refractivity (Wildman–Crippen MR) is 104 cm³/mol. The molecule has 1 atom stereocenters. The van der Waals surface area contributed by atoms with E-state index in [1.54, 1.807) is 29.9 Å². The molecule has 1 aromatic heterocycles. The maximum absolute atomic E-state index is 11.8. The molecule has 0 radical (unpaired) electrons. The Morgan fingerprint density at radius 2 is 2.30 bits per heavy atom. The van der Waals surface area contributed by atoms with Crippen LogP contribution in [-0.2, 0) is 4.79 Å². The van der Waals surface area contributed by atoms with E-state index in [-0.39, 0.29) is 11.9 Å². The molecule has 140 valence electrons. The summed E-state index contributed by atoms with van der Waals surface area (Å²) in [6, 6.07) is 4.93. The Kier molecular flexibility index (Phi) is 5.64. The fourth-order valence-corrected chi connectivity index (χ4v) is 3.06. The molecule has 1 aromatic carbocycles. The van der Waals surface area contributed by atoms with Crippen LogP contribution in [0.25, 0.3) is 0 Å². The van der Waals surface area contributed by atoms with Crippen LogP contribution in [0.3, 0.4) is 0 Å². The molecule has 3 rings (SSSR count). The molecule has 2 amide bonds. The Morgan fingerprint density at radius 1 is 1.48 bits per heavy atom. The summed E-state index contributed by atoms with van der Waals surface area (Å²) in [6.45, 7) is 1.63. The van der Waals surface area contributed by atoms with Gasteiger partial charge in [-0.3, -0.25) is 9.59 Å². The first-order chi connectivity index (χ1) is 13.0. The number of amides is 2. The summed E-state index contributed by atoms with van der Waals surface area (Å²) < 4.78 is 1.68. The highest BCUT2D eigenvalue weighted by atomic mass is 35.5. The van der Waals surface area contributed by atoms with E-state index in [9.17, 15) is 9.59 Å². The summed E-state index contributed by atoms with van der Waals surface area (Å²) in [5.74, 6) is 5.93. The molecule has 1 fully saturated rings. The van der Waals surface area contributed by atoms with E-state index in [2.05, 4.69) is 32.9 Å². The Morgan fingerprint density at radius 3 is 2.96 bits per heavy atom. The first-order valence-corrected chi connectivity index (χ1v) is 8.75. The van der Waals surface area contributed by atoms with Crippen LogP contribution in [0.1, 0.15) is 34.1 Å². The van der Waals surface area contributed by atoms with E-state index >= 15 is 0 Å². The minimum atomic E-state index is -0.236. The molecule has 9 heteroatoms. The zero-order valence-electron chi connectivity index (χ0n) is 14.7. The van der Waals surface area contributed by atoms with Crippen LogP contribution in [-0.4, -0.2) is 42.2 Å². The van der Waals surface area contributed by atoms with E-state index in [1.807, 2.05) is 0 Å². The van der Waals surface area contributed by atoms with Gasteiger partial charge in [-0.05, 0) is 37.1 Å².